The van der Waals surface area contributed by atoms with Gasteiger partial charge in [0.2, 0.25) is 5.91 Å². The van der Waals surface area contributed by atoms with Crippen molar-refractivity contribution in [3.05, 3.63) is 64.5 Å². The summed E-state index contributed by atoms with van der Waals surface area (Å²) < 4.78 is 0. The second-order valence-corrected chi connectivity index (χ2v) is 12.5. The zero-order valence-corrected chi connectivity index (χ0v) is 25.1. The van der Waals surface area contributed by atoms with E-state index in [1.807, 2.05) is 36.5 Å². The van der Waals surface area contributed by atoms with Crippen LogP contribution in [0.15, 0.2) is 48.9 Å². The Morgan fingerprint density at radius 3 is 2.51 bits per heavy atom. The maximum atomic E-state index is 13.4. The van der Waals surface area contributed by atoms with Crippen molar-refractivity contribution in [2.75, 3.05) is 44.2 Å². The molecule has 1 aliphatic carbocycles. The van der Waals surface area contributed by atoms with Gasteiger partial charge in [0.15, 0.2) is 0 Å². The van der Waals surface area contributed by atoms with Gasteiger partial charge in [-0.05, 0) is 61.8 Å². The van der Waals surface area contributed by atoms with Crippen LogP contribution in [0.5, 0.6) is 0 Å². The molecule has 0 bridgehead atoms. The molecule has 0 radical (unpaired) electrons. The number of likely N-dealkylation sites (tertiary alicyclic amines) is 1. The number of imidazole rings is 1. The molecular formula is C31H39Cl2N7O. The number of benzene rings is 1. The molecule has 218 valence electrons. The van der Waals surface area contributed by atoms with Crippen molar-refractivity contribution in [1.82, 2.24) is 30.1 Å². The van der Waals surface area contributed by atoms with E-state index in [2.05, 4.69) is 36.9 Å². The standard InChI is InChI=1S/C31H39Cl2N7O/c1-2-25-20-39(30-27(33)17-23(19-36-30)29-34-11-12-35-29)15-16-40(25)26-9-13-38(14-10-26)28(22-5-7-24(32)8-6-22)31(41)37-18-21-3-4-21/h5-8,11-12,17,19,21,25-26,28H,2-4,9-10,13-16,18,20H2,1H3,(H,34,35)(H,37,41)/t25-,28-/m0/s1. The van der Waals surface area contributed by atoms with Crippen molar-refractivity contribution < 1.29 is 4.79 Å². The van der Waals surface area contributed by atoms with Gasteiger partial charge in [-0.1, -0.05) is 42.3 Å². The predicted octanol–water partition coefficient (Wildman–Crippen LogP) is 5.41. The molecule has 1 amide bonds. The molecule has 4 heterocycles. The number of carbonyl (C=O) groups excluding carboxylic acids is 1. The Balaban J connectivity index is 1.09. The molecule has 41 heavy (non-hydrogen) atoms. The topological polar surface area (TPSA) is 80.4 Å². The Morgan fingerprint density at radius 1 is 1.07 bits per heavy atom. The quantitative estimate of drug-likeness (QED) is 0.344. The van der Waals surface area contributed by atoms with Gasteiger partial charge in [0.05, 0.1) is 5.02 Å². The van der Waals surface area contributed by atoms with Crippen molar-refractivity contribution in [2.24, 2.45) is 5.92 Å². The minimum absolute atomic E-state index is 0.111. The number of H-pyrrole nitrogens is 1. The Bertz CT molecular complexity index is 1310. The number of piperidine rings is 1. The fraction of sp³-hybridized carbons (Fsp3) is 0.516. The largest absolute Gasteiger partial charge is 0.354 e. The second-order valence-electron chi connectivity index (χ2n) is 11.6. The lowest BCUT2D eigenvalue weighted by Gasteiger charge is -2.48. The van der Waals surface area contributed by atoms with Crippen molar-refractivity contribution in [1.29, 1.82) is 0 Å². The highest BCUT2D eigenvalue weighted by molar-refractivity contribution is 6.33. The van der Waals surface area contributed by atoms with E-state index in [1.165, 1.54) is 12.8 Å². The summed E-state index contributed by atoms with van der Waals surface area (Å²) in [6, 6.07) is 10.4. The van der Waals surface area contributed by atoms with E-state index in [-0.39, 0.29) is 11.9 Å². The number of nitrogens with zero attached hydrogens (tertiary/aromatic N) is 5. The molecule has 6 rings (SSSR count). The van der Waals surface area contributed by atoms with Crippen molar-refractivity contribution >= 4 is 34.9 Å². The first-order chi connectivity index (χ1) is 20.0. The molecule has 1 saturated carbocycles. The van der Waals surface area contributed by atoms with Gasteiger partial charge >= 0.3 is 0 Å². The number of aromatic amines is 1. The Hall–Kier alpha value is -2.65. The number of carbonyl (C=O) groups is 1. The smallest absolute Gasteiger partial charge is 0.241 e. The molecule has 3 aliphatic rings. The zero-order valence-electron chi connectivity index (χ0n) is 23.6. The Labute approximate surface area is 252 Å². The molecule has 3 fully saturated rings. The summed E-state index contributed by atoms with van der Waals surface area (Å²) in [6.45, 7) is 7.61. The number of nitrogens with one attached hydrogen (secondary N) is 2. The molecule has 2 saturated heterocycles. The number of rotatable bonds is 9. The summed E-state index contributed by atoms with van der Waals surface area (Å²) in [5.74, 6) is 2.38. The van der Waals surface area contributed by atoms with Crippen LogP contribution >= 0.6 is 23.2 Å². The lowest BCUT2D eigenvalue weighted by molar-refractivity contribution is -0.127. The van der Waals surface area contributed by atoms with E-state index in [1.54, 1.807) is 12.4 Å². The fourth-order valence-electron chi connectivity index (χ4n) is 6.43. The Morgan fingerprint density at radius 2 is 1.85 bits per heavy atom. The third-order valence-electron chi connectivity index (χ3n) is 8.92. The summed E-state index contributed by atoms with van der Waals surface area (Å²) in [5.41, 5.74) is 1.91. The molecule has 3 aromatic rings. The molecule has 10 heteroatoms. The minimum Gasteiger partial charge on any atom is -0.354 e. The lowest BCUT2D eigenvalue weighted by atomic mass is 9.95. The monoisotopic (exact) mass is 595 g/mol. The van der Waals surface area contributed by atoms with Crippen LogP contribution < -0.4 is 10.2 Å². The van der Waals surface area contributed by atoms with Crippen LogP contribution in [0.3, 0.4) is 0 Å². The molecule has 2 aromatic heterocycles. The molecule has 2 aliphatic heterocycles. The van der Waals surface area contributed by atoms with E-state index in [0.717, 1.165) is 81.3 Å². The minimum atomic E-state index is -0.275. The van der Waals surface area contributed by atoms with Gasteiger partial charge in [-0.2, -0.15) is 0 Å². The van der Waals surface area contributed by atoms with Crippen molar-refractivity contribution in [3.8, 4) is 11.4 Å². The lowest BCUT2D eigenvalue weighted by Crippen LogP contribution is -2.59. The first-order valence-electron chi connectivity index (χ1n) is 14.9. The first-order valence-corrected chi connectivity index (χ1v) is 15.7. The van der Waals surface area contributed by atoms with E-state index < -0.39 is 0 Å². The third kappa shape index (κ3) is 6.56. The van der Waals surface area contributed by atoms with Gasteiger partial charge in [-0.15, -0.1) is 0 Å². The average molecular weight is 597 g/mol. The van der Waals surface area contributed by atoms with Gasteiger partial charge in [0, 0.05) is 80.5 Å². The molecule has 2 N–H and O–H groups in total. The summed E-state index contributed by atoms with van der Waals surface area (Å²) in [7, 11) is 0. The van der Waals surface area contributed by atoms with Gasteiger partial charge in [0.1, 0.15) is 17.7 Å². The van der Waals surface area contributed by atoms with Crippen molar-refractivity contribution in [3.63, 3.8) is 0 Å². The first kappa shape index (κ1) is 28.5. The van der Waals surface area contributed by atoms with Crippen LogP contribution in [-0.2, 0) is 4.79 Å². The highest BCUT2D eigenvalue weighted by Crippen LogP contribution is 2.33. The van der Waals surface area contributed by atoms with Crippen LogP contribution in [0.1, 0.15) is 50.6 Å². The highest BCUT2D eigenvalue weighted by Gasteiger charge is 2.37. The van der Waals surface area contributed by atoms with E-state index in [4.69, 9.17) is 28.2 Å². The normalized spacial score (nSPS) is 21.6. The fourth-order valence-corrected chi connectivity index (χ4v) is 6.85. The number of piperazine rings is 1. The number of anilines is 1. The third-order valence-corrected chi connectivity index (χ3v) is 9.45. The summed E-state index contributed by atoms with van der Waals surface area (Å²) in [6.07, 6.45) is 11.0. The average Bonchev–Trinajstić information content (AvgIpc) is 3.67. The van der Waals surface area contributed by atoms with Crippen molar-refractivity contribution in [2.45, 2.75) is 57.2 Å². The van der Waals surface area contributed by atoms with Crippen LogP contribution in [0.25, 0.3) is 11.4 Å². The number of hydrogen-bond donors (Lipinski definition) is 2. The molecule has 1 aromatic carbocycles. The highest BCUT2D eigenvalue weighted by atomic mass is 35.5. The second kappa shape index (κ2) is 12.7. The number of halogens is 2. The number of aromatic nitrogens is 3. The van der Waals surface area contributed by atoms with E-state index in [0.29, 0.717) is 28.0 Å². The molecular weight excluding hydrogens is 557 g/mol. The zero-order chi connectivity index (χ0) is 28.3. The summed E-state index contributed by atoms with van der Waals surface area (Å²) >= 11 is 12.9. The summed E-state index contributed by atoms with van der Waals surface area (Å²) in [4.78, 5) is 33.0. The van der Waals surface area contributed by atoms with E-state index in [9.17, 15) is 4.79 Å². The van der Waals surface area contributed by atoms with Gasteiger partial charge in [-0.25, -0.2) is 9.97 Å². The SMILES string of the molecule is CC[C@H]1CN(c2ncc(-c3ncc[nH]3)cc2Cl)CCN1C1CCN([C@H](C(=O)NCC2CC2)c2ccc(Cl)cc2)CC1. The molecule has 8 nitrogen and oxygen atoms in total. The maximum Gasteiger partial charge on any atom is 0.241 e. The van der Waals surface area contributed by atoms with Gasteiger partial charge in [-0.3, -0.25) is 14.6 Å². The van der Waals surface area contributed by atoms with Crippen LogP contribution in [0.4, 0.5) is 5.82 Å². The van der Waals surface area contributed by atoms with Crippen LogP contribution in [0.2, 0.25) is 10.0 Å². The molecule has 0 unspecified atom stereocenters. The Kier molecular flexibility index (Phi) is 8.81. The van der Waals surface area contributed by atoms with E-state index >= 15 is 0 Å². The number of pyridine rings is 1. The molecule has 2 atom stereocenters. The van der Waals surface area contributed by atoms with Crippen LogP contribution in [0, 0.1) is 5.92 Å². The van der Waals surface area contributed by atoms with Gasteiger partial charge < -0.3 is 15.2 Å². The van der Waals surface area contributed by atoms with Crippen LogP contribution in [-0.4, -0.2) is 82.0 Å². The predicted molar refractivity (Wildman–Crippen MR) is 164 cm³/mol. The number of hydrogen-bond acceptors (Lipinski definition) is 6. The maximum absolute atomic E-state index is 13.4. The summed E-state index contributed by atoms with van der Waals surface area (Å²) in [5, 5.41) is 4.58. The number of amides is 1. The molecule has 0 spiro atoms. The van der Waals surface area contributed by atoms with Gasteiger partial charge in [0.25, 0.3) is 0 Å².